The van der Waals surface area contributed by atoms with Crippen LogP contribution in [0.25, 0.3) is 0 Å². The van der Waals surface area contributed by atoms with E-state index in [0.717, 1.165) is 12.1 Å². The summed E-state index contributed by atoms with van der Waals surface area (Å²) in [5.41, 5.74) is 2.21. The van der Waals surface area contributed by atoms with Gasteiger partial charge in [0.05, 0.1) is 0 Å². The molecule has 0 N–H and O–H groups in total. The number of hydrogen-bond donors (Lipinski definition) is 0. The van der Waals surface area contributed by atoms with Crippen molar-refractivity contribution in [3.63, 3.8) is 0 Å². The fourth-order valence-corrected chi connectivity index (χ4v) is 2.70. The van der Waals surface area contributed by atoms with Crippen molar-refractivity contribution < 1.29 is 4.79 Å². The smallest absolute Gasteiger partial charge is 0.253 e. The molecule has 0 aliphatic heterocycles. The van der Waals surface area contributed by atoms with E-state index in [1.807, 2.05) is 26.1 Å². The third-order valence-corrected chi connectivity index (χ3v) is 4.06. The number of rotatable bonds is 3. The molecule has 1 aliphatic rings. The quantitative estimate of drug-likeness (QED) is 0.792. The summed E-state index contributed by atoms with van der Waals surface area (Å²) in [5, 5.41) is 0. The first kappa shape index (κ1) is 13.1. The van der Waals surface area contributed by atoms with Gasteiger partial charge in [0.2, 0.25) is 0 Å². The molecule has 1 amide bonds. The summed E-state index contributed by atoms with van der Waals surface area (Å²) in [6.45, 7) is 2.75. The van der Waals surface area contributed by atoms with Gasteiger partial charge in [0.1, 0.15) is 0 Å². The molecule has 1 saturated carbocycles. The van der Waals surface area contributed by atoms with Gasteiger partial charge in [-0.05, 0) is 43.4 Å². The Kier molecular flexibility index (Phi) is 4.40. The second-order valence-electron chi connectivity index (χ2n) is 5.28. The zero-order valence-corrected chi connectivity index (χ0v) is 11.5. The third-order valence-electron chi connectivity index (χ3n) is 4.06. The second-order valence-corrected chi connectivity index (χ2v) is 5.28. The van der Waals surface area contributed by atoms with Crippen LogP contribution in [0.2, 0.25) is 0 Å². The Morgan fingerprint density at radius 1 is 1.17 bits per heavy atom. The molecule has 1 fully saturated rings. The SMILES string of the molecule is CCN(C)C(=O)c1ccc(C2CCCCC2)cc1. The first-order valence-corrected chi connectivity index (χ1v) is 7.07. The van der Waals surface area contributed by atoms with Crippen molar-refractivity contribution in [2.24, 2.45) is 0 Å². The topological polar surface area (TPSA) is 20.3 Å². The molecule has 98 valence electrons. The average molecular weight is 245 g/mol. The van der Waals surface area contributed by atoms with Crippen LogP contribution < -0.4 is 0 Å². The molecule has 18 heavy (non-hydrogen) atoms. The zero-order chi connectivity index (χ0) is 13.0. The Labute approximate surface area is 110 Å². The van der Waals surface area contributed by atoms with Crippen LogP contribution in [0.3, 0.4) is 0 Å². The molecule has 0 radical (unpaired) electrons. The summed E-state index contributed by atoms with van der Waals surface area (Å²) in [7, 11) is 1.84. The molecule has 0 spiro atoms. The Morgan fingerprint density at radius 3 is 2.33 bits per heavy atom. The van der Waals surface area contributed by atoms with E-state index in [1.54, 1.807) is 4.90 Å². The molecule has 0 atom stereocenters. The van der Waals surface area contributed by atoms with Crippen molar-refractivity contribution in [3.05, 3.63) is 35.4 Å². The van der Waals surface area contributed by atoms with Crippen molar-refractivity contribution in [2.45, 2.75) is 44.9 Å². The maximum atomic E-state index is 12.0. The van der Waals surface area contributed by atoms with Crippen LogP contribution in [-0.4, -0.2) is 24.4 Å². The Bertz CT molecular complexity index is 390. The molecule has 1 aliphatic carbocycles. The lowest BCUT2D eigenvalue weighted by atomic mass is 9.84. The maximum absolute atomic E-state index is 12.0. The van der Waals surface area contributed by atoms with Gasteiger partial charge in [-0.1, -0.05) is 31.4 Å². The van der Waals surface area contributed by atoms with Crippen LogP contribution in [0.15, 0.2) is 24.3 Å². The largest absolute Gasteiger partial charge is 0.342 e. The van der Waals surface area contributed by atoms with Gasteiger partial charge in [-0.3, -0.25) is 4.79 Å². The third kappa shape index (κ3) is 2.92. The molecule has 0 heterocycles. The summed E-state index contributed by atoms with van der Waals surface area (Å²) in [5.74, 6) is 0.833. The minimum atomic E-state index is 0.118. The molecule has 0 bridgehead atoms. The van der Waals surface area contributed by atoms with Crippen molar-refractivity contribution in [1.82, 2.24) is 4.90 Å². The molecule has 1 aromatic carbocycles. The van der Waals surface area contributed by atoms with E-state index >= 15 is 0 Å². The molecular formula is C16H23NO. The standard InChI is InChI=1S/C16H23NO/c1-3-17(2)16(18)15-11-9-14(10-12-15)13-7-5-4-6-8-13/h9-13H,3-8H2,1-2H3. The highest BCUT2D eigenvalue weighted by Gasteiger charge is 2.16. The predicted molar refractivity (Wildman–Crippen MR) is 74.9 cm³/mol. The molecule has 2 nitrogen and oxygen atoms in total. The Hall–Kier alpha value is -1.31. The van der Waals surface area contributed by atoms with Gasteiger partial charge in [0.15, 0.2) is 0 Å². The lowest BCUT2D eigenvalue weighted by Crippen LogP contribution is -2.26. The molecule has 0 unspecified atom stereocenters. The summed E-state index contributed by atoms with van der Waals surface area (Å²) in [4.78, 5) is 13.7. The average Bonchev–Trinajstić information content (AvgIpc) is 2.47. The van der Waals surface area contributed by atoms with E-state index in [-0.39, 0.29) is 5.91 Å². The van der Waals surface area contributed by atoms with E-state index in [0.29, 0.717) is 5.92 Å². The normalized spacial score (nSPS) is 16.6. The number of hydrogen-bond acceptors (Lipinski definition) is 1. The van der Waals surface area contributed by atoms with Gasteiger partial charge in [-0.25, -0.2) is 0 Å². The Morgan fingerprint density at radius 2 is 1.78 bits per heavy atom. The minimum absolute atomic E-state index is 0.118. The first-order valence-electron chi connectivity index (χ1n) is 7.07. The van der Waals surface area contributed by atoms with Crippen molar-refractivity contribution in [3.8, 4) is 0 Å². The van der Waals surface area contributed by atoms with Crippen LogP contribution in [-0.2, 0) is 0 Å². The van der Waals surface area contributed by atoms with Crippen molar-refractivity contribution in [2.75, 3.05) is 13.6 Å². The van der Waals surface area contributed by atoms with Crippen LogP contribution in [0.1, 0.15) is 60.9 Å². The summed E-state index contributed by atoms with van der Waals surface area (Å²) in [6, 6.07) is 8.26. The van der Waals surface area contributed by atoms with Crippen molar-refractivity contribution in [1.29, 1.82) is 0 Å². The first-order chi connectivity index (χ1) is 8.72. The van der Waals surface area contributed by atoms with Crippen LogP contribution >= 0.6 is 0 Å². The fraction of sp³-hybridized carbons (Fsp3) is 0.562. The monoisotopic (exact) mass is 245 g/mol. The van der Waals surface area contributed by atoms with Gasteiger partial charge < -0.3 is 4.90 Å². The van der Waals surface area contributed by atoms with Gasteiger partial charge >= 0.3 is 0 Å². The molecular weight excluding hydrogens is 222 g/mol. The number of benzene rings is 1. The summed E-state index contributed by atoms with van der Waals surface area (Å²) >= 11 is 0. The highest BCUT2D eigenvalue weighted by atomic mass is 16.2. The van der Waals surface area contributed by atoms with E-state index < -0.39 is 0 Å². The minimum Gasteiger partial charge on any atom is -0.342 e. The molecule has 0 aromatic heterocycles. The molecule has 2 heteroatoms. The van der Waals surface area contributed by atoms with E-state index in [2.05, 4.69) is 12.1 Å². The highest BCUT2D eigenvalue weighted by Crippen LogP contribution is 2.32. The van der Waals surface area contributed by atoms with Gasteiger partial charge in [-0.2, -0.15) is 0 Å². The molecule has 2 rings (SSSR count). The summed E-state index contributed by atoms with van der Waals surface area (Å²) < 4.78 is 0. The number of amides is 1. The lowest BCUT2D eigenvalue weighted by molar-refractivity contribution is 0.0802. The number of carbonyl (C=O) groups is 1. The van der Waals surface area contributed by atoms with Gasteiger partial charge in [0, 0.05) is 19.2 Å². The number of nitrogens with zero attached hydrogens (tertiary/aromatic N) is 1. The van der Waals surface area contributed by atoms with Crippen LogP contribution in [0.4, 0.5) is 0 Å². The molecule has 1 aromatic rings. The van der Waals surface area contributed by atoms with Crippen molar-refractivity contribution >= 4 is 5.91 Å². The van der Waals surface area contributed by atoms with E-state index in [1.165, 1.54) is 37.7 Å². The van der Waals surface area contributed by atoms with E-state index in [4.69, 9.17) is 0 Å². The predicted octanol–water partition coefficient (Wildman–Crippen LogP) is 3.83. The van der Waals surface area contributed by atoms with Gasteiger partial charge in [0.25, 0.3) is 5.91 Å². The lowest BCUT2D eigenvalue weighted by Gasteiger charge is -2.22. The summed E-state index contributed by atoms with van der Waals surface area (Å²) in [6.07, 6.45) is 6.70. The van der Waals surface area contributed by atoms with Gasteiger partial charge in [-0.15, -0.1) is 0 Å². The highest BCUT2D eigenvalue weighted by molar-refractivity contribution is 5.94. The molecule has 0 saturated heterocycles. The Balaban J connectivity index is 2.07. The fourth-order valence-electron chi connectivity index (χ4n) is 2.70. The number of carbonyl (C=O) groups excluding carboxylic acids is 1. The van der Waals surface area contributed by atoms with Crippen LogP contribution in [0.5, 0.6) is 0 Å². The zero-order valence-electron chi connectivity index (χ0n) is 11.5. The van der Waals surface area contributed by atoms with Crippen LogP contribution in [0, 0.1) is 0 Å². The second kappa shape index (κ2) is 6.03. The van der Waals surface area contributed by atoms with E-state index in [9.17, 15) is 4.79 Å². The maximum Gasteiger partial charge on any atom is 0.253 e.